The Kier molecular flexibility index (Phi) is 3.73. The van der Waals surface area contributed by atoms with Crippen molar-refractivity contribution in [1.82, 2.24) is 15.1 Å². The topological polar surface area (TPSA) is 49.0 Å². The van der Waals surface area contributed by atoms with Crippen LogP contribution in [0.2, 0.25) is 0 Å². The van der Waals surface area contributed by atoms with E-state index in [1.807, 2.05) is 31.2 Å². The van der Waals surface area contributed by atoms with Gasteiger partial charge in [0.1, 0.15) is 11.9 Å². The van der Waals surface area contributed by atoms with E-state index >= 15 is 0 Å². The highest BCUT2D eigenvalue weighted by atomic mass is 19.1. The summed E-state index contributed by atoms with van der Waals surface area (Å²) in [6, 6.07) is 9.74. The van der Waals surface area contributed by atoms with E-state index in [2.05, 4.69) is 10.2 Å². The Morgan fingerprint density at radius 1 is 1.29 bits per heavy atom. The first-order chi connectivity index (χ1) is 10.1. The number of H-pyrrole nitrogens is 1. The van der Waals surface area contributed by atoms with Gasteiger partial charge in [-0.05, 0) is 25.8 Å². The highest BCUT2D eigenvalue weighted by molar-refractivity contribution is 5.93. The molecule has 1 aromatic carbocycles. The standard InChI is InChI=1S/C16H18FN3O/c1-11-2-4-12(5-3-11)14-10-15(19-18-14)16(21)20-8-6-13(17)7-9-20/h2-5,10,13H,6-9H2,1H3,(H,18,19). The molecule has 1 fully saturated rings. The Bertz CT molecular complexity index is 627. The smallest absolute Gasteiger partial charge is 0.271 e. The van der Waals surface area contributed by atoms with Crippen molar-refractivity contribution in [3.8, 4) is 11.3 Å². The summed E-state index contributed by atoms with van der Waals surface area (Å²) in [5.74, 6) is -0.104. The summed E-state index contributed by atoms with van der Waals surface area (Å²) in [6.07, 6.45) is 0.0639. The average molecular weight is 287 g/mol. The lowest BCUT2D eigenvalue weighted by Gasteiger charge is -2.28. The fourth-order valence-electron chi connectivity index (χ4n) is 2.52. The van der Waals surface area contributed by atoms with Gasteiger partial charge in [-0.2, -0.15) is 5.10 Å². The molecule has 1 N–H and O–H groups in total. The van der Waals surface area contributed by atoms with Crippen molar-refractivity contribution >= 4 is 5.91 Å². The van der Waals surface area contributed by atoms with Gasteiger partial charge < -0.3 is 4.90 Å². The number of carbonyl (C=O) groups excluding carboxylic acids is 1. The monoisotopic (exact) mass is 287 g/mol. The lowest BCUT2D eigenvalue weighted by Crippen LogP contribution is -2.39. The van der Waals surface area contributed by atoms with Crippen LogP contribution >= 0.6 is 0 Å². The number of hydrogen-bond donors (Lipinski definition) is 1. The molecule has 0 unspecified atom stereocenters. The zero-order valence-corrected chi connectivity index (χ0v) is 12.0. The van der Waals surface area contributed by atoms with Gasteiger partial charge in [0.15, 0.2) is 0 Å². The molecular formula is C16H18FN3O. The minimum absolute atomic E-state index is 0.104. The van der Waals surface area contributed by atoms with Gasteiger partial charge in [0.05, 0.1) is 5.69 Å². The van der Waals surface area contributed by atoms with Gasteiger partial charge in [-0.15, -0.1) is 0 Å². The third-order valence-electron chi connectivity index (χ3n) is 3.87. The molecule has 2 aromatic rings. The number of rotatable bonds is 2. The molecule has 5 heteroatoms. The largest absolute Gasteiger partial charge is 0.337 e. The first-order valence-electron chi connectivity index (χ1n) is 7.19. The Balaban J connectivity index is 1.75. The van der Waals surface area contributed by atoms with Gasteiger partial charge >= 0.3 is 0 Å². The second-order valence-corrected chi connectivity index (χ2v) is 5.50. The summed E-state index contributed by atoms with van der Waals surface area (Å²) < 4.78 is 13.1. The summed E-state index contributed by atoms with van der Waals surface area (Å²) in [7, 11) is 0. The van der Waals surface area contributed by atoms with E-state index < -0.39 is 6.17 Å². The molecule has 0 bridgehead atoms. The van der Waals surface area contributed by atoms with E-state index in [1.165, 1.54) is 5.56 Å². The first kappa shape index (κ1) is 13.8. The molecule has 0 spiro atoms. The van der Waals surface area contributed by atoms with Crippen LogP contribution in [0.1, 0.15) is 28.9 Å². The number of nitrogens with zero attached hydrogens (tertiary/aromatic N) is 2. The number of likely N-dealkylation sites (tertiary alicyclic amines) is 1. The molecule has 0 atom stereocenters. The van der Waals surface area contributed by atoms with Gasteiger partial charge in [0.2, 0.25) is 0 Å². The van der Waals surface area contributed by atoms with E-state index in [9.17, 15) is 9.18 Å². The molecule has 3 rings (SSSR count). The van der Waals surface area contributed by atoms with Crippen LogP contribution in [-0.2, 0) is 0 Å². The molecule has 1 aliphatic rings. The Hall–Kier alpha value is -2.17. The molecule has 0 aliphatic carbocycles. The summed E-state index contributed by atoms with van der Waals surface area (Å²) in [5, 5.41) is 6.99. The number of nitrogens with one attached hydrogen (secondary N) is 1. The normalized spacial score (nSPS) is 16.2. The van der Waals surface area contributed by atoms with Crippen molar-refractivity contribution in [3.63, 3.8) is 0 Å². The average Bonchev–Trinajstić information content (AvgIpc) is 2.98. The predicted molar refractivity (Wildman–Crippen MR) is 78.8 cm³/mol. The Labute approximate surface area is 123 Å². The maximum absolute atomic E-state index is 13.1. The molecule has 0 radical (unpaired) electrons. The van der Waals surface area contributed by atoms with E-state index in [0.717, 1.165) is 11.3 Å². The Morgan fingerprint density at radius 2 is 1.95 bits per heavy atom. The maximum atomic E-state index is 13.1. The van der Waals surface area contributed by atoms with Crippen molar-refractivity contribution in [2.24, 2.45) is 0 Å². The van der Waals surface area contributed by atoms with E-state index in [1.54, 1.807) is 11.0 Å². The number of halogens is 1. The van der Waals surface area contributed by atoms with Crippen LogP contribution < -0.4 is 0 Å². The molecular weight excluding hydrogens is 269 g/mol. The van der Waals surface area contributed by atoms with Gasteiger partial charge in [0, 0.05) is 18.7 Å². The highest BCUT2D eigenvalue weighted by Gasteiger charge is 2.24. The number of alkyl halides is 1. The van der Waals surface area contributed by atoms with E-state index in [0.29, 0.717) is 31.6 Å². The summed E-state index contributed by atoms with van der Waals surface area (Å²) >= 11 is 0. The number of hydrogen-bond acceptors (Lipinski definition) is 2. The predicted octanol–water partition coefficient (Wildman–Crippen LogP) is 2.96. The molecule has 21 heavy (non-hydrogen) atoms. The molecule has 0 saturated carbocycles. The molecule has 1 aromatic heterocycles. The molecule has 1 amide bonds. The van der Waals surface area contributed by atoms with Crippen molar-refractivity contribution in [2.75, 3.05) is 13.1 Å². The molecule has 4 nitrogen and oxygen atoms in total. The van der Waals surface area contributed by atoms with Crippen LogP contribution in [0.5, 0.6) is 0 Å². The lowest BCUT2D eigenvalue weighted by atomic mass is 10.1. The fraction of sp³-hybridized carbons (Fsp3) is 0.375. The van der Waals surface area contributed by atoms with Crippen LogP contribution in [0.4, 0.5) is 4.39 Å². The number of amides is 1. The number of benzene rings is 1. The molecule has 1 aliphatic heterocycles. The SMILES string of the molecule is Cc1ccc(-c2cc(C(=O)N3CCC(F)CC3)[nH]n2)cc1. The zero-order valence-electron chi connectivity index (χ0n) is 12.0. The molecule has 1 saturated heterocycles. The summed E-state index contributed by atoms with van der Waals surface area (Å²) in [4.78, 5) is 14.0. The number of piperidine rings is 1. The Morgan fingerprint density at radius 3 is 2.62 bits per heavy atom. The van der Waals surface area contributed by atoms with E-state index in [-0.39, 0.29) is 5.91 Å². The van der Waals surface area contributed by atoms with Crippen LogP contribution in [0.25, 0.3) is 11.3 Å². The lowest BCUT2D eigenvalue weighted by molar-refractivity contribution is 0.0661. The number of aryl methyl sites for hydroxylation is 1. The van der Waals surface area contributed by atoms with E-state index in [4.69, 9.17) is 0 Å². The van der Waals surface area contributed by atoms with Crippen LogP contribution in [0, 0.1) is 6.92 Å². The third-order valence-corrected chi connectivity index (χ3v) is 3.87. The number of aromatic nitrogens is 2. The molecule has 110 valence electrons. The highest BCUT2D eigenvalue weighted by Crippen LogP contribution is 2.20. The fourth-order valence-corrected chi connectivity index (χ4v) is 2.52. The van der Waals surface area contributed by atoms with Crippen LogP contribution in [0.3, 0.4) is 0 Å². The second kappa shape index (κ2) is 5.68. The summed E-state index contributed by atoms with van der Waals surface area (Å²) in [5.41, 5.74) is 3.36. The number of aromatic amines is 1. The van der Waals surface area contributed by atoms with Crippen LogP contribution in [0.15, 0.2) is 30.3 Å². The van der Waals surface area contributed by atoms with Crippen molar-refractivity contribution in [3.05, 3.63) is 41.6 Å². The minimum atomic E-state index is -0.779. The van der Waals surface area contributed by atoms with Gasteiger partial charge in [-0.1, -0.05) is 29.8 Å². The maximum Gasteiger partial charge on any atom is 0.271 e. The summed E-state index contributed by atoms with van der Waals surface area (Å²) in [6.45, 7) is 2.97. The second-order valence-electron chi connectivity index (χ2n) is 5.50. The van der Waals surface area contributed by atoms with Crippen molar-refractivity contribution < 1.29 is 9.18 Å². The quantitative estimate of drug-likeness (QED) is 0.923. The number of carbonyl (C=O) groups is 1. The van der Waals surface area contributed by atoms with Crippen LogP contribution in [-0.4, -0.2) is 40.3 Å². The van der Waals surface area contributed by atoms with Crippen molar-refractivity contribution in [1.29, 1.82) is 0 Å². The first-order valence-corrected chi connectivity index (χ1v) is 7.19. The van der Waals surface area contributed by atoms with Gasteiger partial charge in [0.25, 0.3) is 5.91 Å². The third kappa shape index (κ3) is 2.96. The van der Waals surface area contributed by atoms with Gasteiger partial charge in [-0.25, -0.2) is 4.39 Å². The minimum Gasteiger partial charge on any atom is -0.337 e. The molecule has 2 heterocycles. The van der Waals surface area contributed by atoms with Gasteiger partial charge in [-0.3, -0.25) is 9.89 Å². The zero-order chi connectivity index (χ0) is 14.8. The van der Waals surface area contributed by atoms with Crippen molar-refractivity contribution in [2.45, 2.75) is 25.9 Å².